The van der Waals surface area contributed by atoms with E-state index < -0.39 is 0 Å². The first kappa shape index (κ1) is 15.2. The highest BCUT2D eigenvalue weighted by Gasteiger charge is 2.01. The minimum absolute atomic E-state index is 0.706. The Morgan fingerprint density at radius 3 is 2.52 bits per heavy atom. The molecule has 21 heavy (non-hydrogen) atoms. The lowest BCUT2D eigenvalue weighted by Gasteiger charge is -2.10. The van der Waals surface area contributed by atoms with E-state index in [0.29, 0.717) is 5.69 Å². The summed E-state index contributed by atoms with van der Waals surface area (Å²) in [6.45, 7) is 5.22. The number of benzene rings is 2. The summed E-state index contributed by atoms with van der Waals surface area (Å²) in [6, 6.07) is 12.5. The quantitative estimate of drug-likeness (QED) is 0.624. The van der Waals surface area contributed by atoms with Crippen LogP contribution in [0.1, 0.15) is 23.1 Å². The second kappa shape index (κ2) is 7.02. The molecular weight excluding hydrogens is 260 g/mol. The van der Waals surface area contributed by atoms with Gasteiger partial charge >= 0.3 is 0 Å². The second-order valence-corrected chi connectivity index (χ2v) is 5.41. The number of nitrogens with one attached hydrogen (secondary N) is 1. The lowest BCUT2D eigenvalue weighted by Crippen LogP contribution is -2.03. The van der Waals surface area contributed by atoms with Crippen LogP contribution in [0, 0.1) is 13.8 Å². The summed E-state index contributed by atoms with van der Waals surface area (Å²) < 4.78 is 5.17. The summed E-state index contributed by atoms with van der Waals surface area (Å²) in [5.41, 5.74) is 11.7. The summed E-state index contributed by atoms with van der Waals surface area (Å²) in [6.07, 6.45) is 2.07. The number of nitrogen functional groups attached to an aromatic ring is 1. The largest absolute Gasteiger partial charge is 0.495 e. The molecule has 0 fully saturated rings. The minimum Gasteiger partial charge on any atom is -0.495 e. The molecule has 3 heteroatoms. The Kier molecular flexibility index (Phi) is 5.09. The van der Waals surface area contributed by atoms with Crippen LogP contribution in [0.15, 0.2) is 36.4 Å². The van der Waals surface area contributed by atoms with Crippen molar-refractivity contribution >= 4 is 11.4 Å². The molecule has 0 unspecified atom stereocenters. The Hall–Kier alpha value is -2.16. The van der Waals surface area contributed by atoms with Crippen LogP contribution in [-0.4, -0.2) is 13.7 Å². The number of ether oxygens (including phenoxy) is 1. The summed E-state index contributed by atoms with van der Waals surface area (Å²) >= 11 is 0. The highest BCUT2D eigenvalue weighted by atomic mass is 16.5. The zero-order chi connectivity index (χ0) is 15.2. The van der Waals surface area contributed by atoms with Gasteiger partial charge in [0.15, 0.2) is 0 Å². The van der Waals surface area contributed by atoms with Crippen LogP contribution in [-0.2, 0) is 6.42 Å². The molecule has 0 aromatic heterocycles. The highest BCUT2D eigenvalue weighted by Crippen LogP contribution is 2.22. The Balaban J connectivity index is 1.81. The van der Waals surface area contributed by atoms with E-state index in [2.05, 4.69) is 43.4 Å². The number of hydrogen-bond acceptors (Lipinski definition) is 3. The van der Waals surface area contributed by atoms with Gasteiger partial charge in [-0.25, -0.2) is 0 Å². The fourth-order valence-electron chi connectivity index (χ4n) is 2.32. The average molecular weight is 284 g/mol. The van der Waals surface area contributed by atoms with Gasteiger partial charge in [-0.15, -0.1) is 0 Å². The molecule has 0 saturated heterocycles. The van der Waals surface area contributed by atoms with Gasteiger partial charge in [-0.2, -0.15) is 0 Å². The maximum atomic E-state index is 5.92. The van der Waals surface area contributed by atoms with Crippen LogP contribution in [0.25, 0.3) is 0 Å². The molecule has 0 aliphatic heterocycles. The first-order chi connectivity index (χ1) is 10.1. The van der Waals surface area contributed by atoms with Crippen molar-refractivity contribution in [2.75, 3.05) is 24.7 Å². The predicted octanol–water partition coefficient (Wildman–Crippen LogP) is 3.94. The van der Waals surface area contributed by atoms with E-state index in [9.17, 15) is 0 Å². The van der Waals surface area contributed by atoms with Gasteiger partial charge in [-0.1, -0.05) is 12.1 Å². The lowest BCUT2D eigenvalue weighted by molar-refractivity contribution is 0.417. The minimum atomic E-state index is 0.706. The molecule has 2 rings (SSSR count). The molecule has 0 spiro atoms. The first-order valence-electron chi connectivity index (χ1n) is 7.33. The molecule has 0 aliphatic carbocycles. The van der Waals surface area contributed by atoms with Crippen molar-refractivity contribution < 1.29 is 4.74 Å². The fourth-order valence-corrected chi connectivity index (χ4v) is 2.32. The molecule has 3 N–H and O–H groups in total. The van der Waals surface area contributed by atoms with Crippen LogP contribution in [0.5, 0.6) is 5.75 Å². The van der Waals surface area contributed by atoms with E-state index in [-0.39, 0.29) is 0 Å². The summed E-state index contributed by atoms with van der Waals surface area (Å²) in [5.74, 6) is 0.743. The van der Waals surface area contributed by atoms with E-state index in [0.717, 1.165) is 25.1 Å². The normalized spacial score (nSPS) is 10.4. The Morgan fingerprint density at radius 1 is 1.05 bits per heavy atom. The zero-order valence-electron chi connectivity index (χ0n) is 13.1. The van der Waals surface area contributed by atoms with Gasteiger partial charge in [0.1, 0.15) is 5.75 Å². The Bertz CT molecular complexity index is 608. The van der Waals surface area contributed by atoms with Crippen molar-refractivity contribution in [2.24, 2.45) is 0 Å². The number of rotatable bonds is 6. The fraction of sp³-hybridized carbons (Fsp3) is 0.333. The van der Waals surface area contributed by atoms with Crippen molar-refractivity contribution in [1.82, 2.24) is 0 Å². The number of nitrogens with two attached hydrogens (primary N) is 1. The molecular formula is C18H24N2O. The monoisotopic (exact) mass is 284 g/mol. The molecule has 0 radical (unpaired) electrons. The van der Waals surface area contributed by atoms with Crippen LogP contribution < -0.4 is 15.8 Å². The molecule has 0 bridgehead atoms. The predicted molar refractivity (Wildman–Crippen MR) is 90.1 cm³/mol. The van der Waals surface area contributed by atoms with Crippen molar-refractivity contribution in [2.45, 2.75) is 26.7 Å². The molecule has 112 valence electrons. The maximum Gasteiger partial charge on any atom is 0.141 e. The van der Waals surface area contributed by atoms with Gasteiger partial charge in [0.25, 0.3) is 0 Å². The first-order valence-corrected chi connectivity index (χ1v) is 7.33. The van der Waals surface area contributed by atoms with Gasteiger partial charge in [-0.3, -0.25) is 0 Å². The van der Waals surface area contributed by atoms with E-state index >= 15 is 0 Å². The number of aryl methyl sites for hydroxylation is 3. The van der Waals surface area contributed by atoms with E-state index in [4.69, 9.17) is 10.5 Å². The van der Waals surface area contributed by atoms with E-state index in [1.165, 1.54) is 22.4 Å². The lowest BCUT2D eigenvalue weighted by atomic mass is 10.1. The summed E-state index contributed by atoms with van der Waals surface area (Å²) in [4.78, 5) is 0. The third kappa shape index (κ3) is 4.15. The topological polar surface area (TPSA) is 47.3 Å². The molecule has 0 aliphatic rings. The van der Waals surface area contributed by atoms with E-state index in [1.54, 1.807) is 7.11 Å². The third-order valence-electron chi connectivity index (χ3n) is 3.77. The van der Waals surface area contributed by atoms with Gasteiger partial charge in [0.05, 0.1) is 12.8 Å². The molecule has 3 nitrogen and oxygen atoms in total. The maximum absolute atomic E-state index is 5.92. The number of methoxy groups -OCH3 is 1. The van der Waals surface area contributed by atoms with Crippen LogP contribution in [0.4, 0.5) is 11.4 Å². The molecule has 0 amide bonds. The average Bonchev–Trinajstić information content (AvgIpc) is 2.47. The van der Waals surface area contributed by atoms with Gasteiger partial charge in [0.2, 0.25) is 0 Å². The van der Waals surface area contributed by atoms with Crippen LogP contribution >= 0.6 is 0 Å². The smallest absolute Gasteiger partial charge is 0.141 e. The van der Waals surface area contributed by atoms with Crippen LogP contribution in [0.3, 0.4) is 0 Å². The van der Waals surface area contributed by atoms with E-state index in [1.807, 2.05) is 12.1 Å². The molecule has 0 saturated carbocycles. The third-order valence-corrected chi connectivity index (χ3v) is 3.77. The number of anilines is 2. The molecule has 0 atom stereocenters. The molecule has 0 heterocycles. The standard InChI is InChI=1S/C18H24N2O/c1-13-6-8-16(11-14(13)2)20-10-4-5-15-7-9-18(21-3)17(19)12-15/h6-9,11-12,20H,4-5,10,19H2,1-3H3. The number of hydrogen-bond donors (Lipinski definition) is 2. The molecule has 2 aromatic carbocycles. The van der Waals surface area contributed by atoms with Crippen LogP contribution in [0.2, 0.25) is 0 Å². The van der Waals surface area contributed by atoms with Crippen molar-refractivity contribution in [3.8, 4) is 5.75 Å². The Labute approximate surface area is 127 Å². The van der Waals surface area contributed by atoms with Gasteiger partial charge in [-0.05, 0) is 67.6 Å². The second-order valence-electron chi connectivity index (χ2n) is 5.41. The van der Waals surface area contributed by atoms with Crippen molar-refractivity contribution in [3.05, 3.63) is 53.1 Å². The SMILES string of the molecule is COc1ccc(CCCNc2ccc(C)c(C)c2)cc1N. The Morgan fingerprint density at radius 2 is 1.86 bits per heavy atom. The molecule has 2 aromatic rings. The van der Waals surface area contributed by atoms with Gasteiger partial charge < -0.3 is 15.8 Å². The van der Waals surface area contributed by atoms with Crippen molar-refractivity contribution in [1.29, 1.82) is 0 Å². The van der Waals surface area contributed by atoms with Crippen molar-refractivity contribution in [3.63, 3.8) is 0 Å². The summed E-state index contributed by atoms with van der Waals surface area (Å²) in [5, 5.41) is 3.46. The summed E-state index contributed by atoms with van der Waals surface area (Å²) in [7, 11) is 1.64. The zero-order valence-corrected chi connectivity index (χ0v) is 13.1. The van der Waals surface area contributed by atoms with Gasteiger partial charge in [0, 0.05) is 12.2 Å². The highest BCUT2D eigenvalue weighted by molar-refractivity contribution is 5.54.